The third-order valence-electron chi connectivity index (χ3n) is 4.02. The molecule has 0 amide bonds. The van der Waals surface area contributed by atoms with Crippen molar-refractivity contribution in [1.29, 1.82) is 0 Å². The third kappa shape index (κ3) is 2.76. The summed E-state index contributed by atoms with van der Waals surface area (Å²) in [4.78, 5) is 18.2. The molecular formula is C14H22N2O2S. The maximum atomic E-state index is 11.3. The van der Waals surface area contributed by atoms with Crippen molar-refractivity contribution in [3.05, 3.63) is 11.1 Å². The van der Waals surface area contributed by atoms with Crippen LogP contribution in [0.3, 0.4) is 0 Å². The molecule has 0 unspecified atom stereocenters. The number of aromatic nitrogens is 1. The molecule has 4 nitrogen and oxygen atoms in total. The Balaban J connectivity index is 2.21. The van der Waals surface area contributed by atoms with Crippen molar-refractivity contribution < 1.29 is 9.90 Å². The molecule has 0 aromatic carbocycles. The minimum Gasteiger partial charge on any atom is -0.481 e. The standard InChI is InChI=1S/C14H22N2O2S/c1-4-16(10-7-5-6-8-10)13-15-11(9-19-13)14(2,3)12(17)18/h9-10H,4-8H2,1-3H3,(H,17,18). The molecule has 5 heteroatoms. The molecule has 0 radical (unpaired) electrons. The molecular weight excluding hydrogens is 260 g/mol. The van der Waals surface area contributed by atoms with Gasteiger partial charge < -0.3 is 10.0 Å². The molecule has 0 bridgehead atoms. The Morgan fingerprint density at radius 1 is 1.53 bits per heavy atom. The van der Waals surface area contributed by atoms with Gasteiger partial charge in [-0.15, -0.1) is 11.3 Å². The van der Waals surface area contributed by atoms with Gasteiger partial charge in [0, 0.05) is 18.0 Å². The third-order valence-corrected chi connectivity index (χ3v) is 4.90. The van der Waals surface area contributed by atoms with E-state index in [4.69, 9.17) is 0 Å². The molecule has 1 aromatic rings. The van der Waals surface area contributed by atoms with Gasteiger partial charge in [-0.3, -0.25) is 4.79 Å². The normalized spacial score (nSPS) is 16.8. The highest BCUT2D eigenvalue weighted by Gasteiger charge is 2.33. The van der Waals surface area contributed by atoms with Gasteiger partial charge in [0.05, 0.1) is 5.69 Å². The average Bonchev–Trinajstić information content (AvgIpc) is 3.00. The Hall–Kier alpha value is -1.10. The first kappa shape index (κ1) is 14.3. The number of carbonyl (C=O) groups is 1. The summed E-state index contributed by atoms with van der Waals surface area (Å²) in [7, 11) is 0. The van der Waals surface area contributed by atoms with E-state index in [0.717, 1.165) is 11.7 Å². The summed E-state index contributed by atoms with van der Waals surface area (Å²) in [6, 6.07) is 0.581. The number of carboxylic acid groups (broad SMARTS) is 1. The summed E-state index contributed by atoms with van der Waals surface area (Å²) in [5.41, 5.74) is -0.249. The van der Waals surface area contributed by atoms with Crippen LogP contribution in [0.1, 0.15) is 52.1 Å². The summed E-state index contributed by atoms with van der Waals surface area (Å²) in [6.45, 7) is 6.49. The van der Waals surface area contributed by atoms with Gasteiger partial charge in [-0.05, 0) is 33.6 Å². The lowest BCUT2D eigenvalue weighted by Crippen LogP contribution is -2.33. The molecule has 1 aromatic heterocycles. The number of nitrogens with zero attached hydrogens (tertiary/aromatic N) is 2. The lowest BCUT2D eigenvalue weighted by Gasteiger charge is -2.27. The van der Waals surface area contributed by atoms with E-state index in [1.807, 2.05) is 5.38 Å². The molecule has 1 N–H and O–H groups in total. The van der Waals surface area contributed by atoms with Crippen LogP contribution in [-0.2, 0) is 10.2 Å². The number of rotatable bonds is 5. The van der Waals surface area contributed by atoms with E-state index in [1.54, 1.807) is 25.2 Å². The van der Waals surface area contributed by atoms with E-state index in [1.165, 1.54) is 25.7 Å². The van der Waals surface area contributed by atoms with Crippen LogP contribution in [0.4, 0.5) is 5.13 Å². The molecule has 0 atom stereocenters. The van der Waals surface area contributed by atoms with Crippen LogP contribution in [0.15, 0.2) is 5.38 Å². The van der Waals surface area contributed by atoms with Crippen molar-refractivity contribution in [3.8, 4) is 0 Å². The van der Waals surface area contributed by atoms with E-state index in [-0.39, 0.29) is 0 Å². The fourth-order valence-electron chi connectivity index (χ4n) is 2.56. The number of hydrogen-bond donors (Lipinski definition) is 1. The predicted molar refractivity (Wildman–Crippen MR) is 78.1 cm³/mol. The molecule has 0 aliphatic heterocycles. The lowest BCUT2D eigenvalue weighted by atomic mass is 9.90. The second-order valence-electron chi connectivity index (χ2n) is 5.67. The topological polar surface area (TPSA) is 53.4 Å². The van der Waals surface area contributed by atoms with Crippen molar-refractivity contribution in [2.45, 2.75) is 57.9 Å². The molecule has 1 aliphatic carbocycles. The highest BCUT2D eigenvalue weighted by Crippen LogP contribution is 2.33. The maximum absolute atomic E-state index is 11.3. The largest absolute Gasteiger partial charge is 0.481 e. The summed E-state index contributed by atoms with van der Waals surface area (Å²) < 4.78 is 0. The van der Waals surface area contributed by atoms with Crippen molar-refractivity contribution >= 4 is 22.4 Å². The molecule has 2 rings (SSSR count). The van der Waals surface area contributed by atoms with Gasteiger partial charge in [-0.1, -0.05) is 12.8 Å². The molecule has 19 heavy (non-hydrogen) atoms. The second-order valence-corrected chi connectivity index (χ2v) is 6.51. The summed E-state index contributed by atoms with van der Waals surface area (Å²) in [6.07, 6.45) is 5.04. The number of aliphatic carboxylic acids is 1. The summed E-state index contributed by atoms with van der Waals surface area (Å²) in [5, 5.41) is 12.1. The fourth-order valence-corrected chi connectivity index (χ4v) is 3.69. The Kier molecular flexibility index (Phi) is 4.13. The van der Waals surface area contributed by atoms with Crippen LogP contribution in [0.25, 0.3) is 0 Å². The van der Waals surface area contributed by atoms with Crippen molar-refractivity contribution in [3.63, 3.8) is 0 Å². The maximum Gasteiger partial charge on any atom is 0.315 e. The SMILES string of the molecule is CCN(c1nc(C(C)(C)C(=O)O)cs1)C1CCCC1. The Bertz CT molecular complexity index is 450. The first-order valence-electron chi connectivity index (χ1n) is 6.93. The molecule has 106 valence electrons. The van der Waals surface area contributed by atoms with E-state index >= 15 is 0 Å². The molecule has 0 spiro atoms. The molecule has 1 aliphatic rings. The Morgan fingerprint density at radius 2 is 2.16 bits per heavy atom. The van der Waals surface area contributed by atoms with Crippen molar-refractivity contribution in [2.75, 3.05) is 11.4 Å². The monoisotopic (exact) mass is 282 g/mol. The van der Waals surface area contributed by atoms with E-state index in [0.29, 0.717) is 11.7 Å². The smallest absolute Gasteiger partial charge is 0.315 e. The first-order valence-corrected chi connectivity index (χ1v) is 7.80. The van der Waals surface area contributed by atoms with Crippen LogP contribution < -0.4 is 4.90 Å². The van der Waals surface area contributed by atoms with Gasteiger partial charge in [-0.25, -0.2) is 4.98 Å². The minimum atomic E-state index is -0.913. The predicted octanol–water partition coefficient (Wildman–Crippen LogP) is 3.27. The fraction of sp³-hybridized carbons (Fsp3) is 0.714. The number of hydrogen-bond acceptors (Lipinski definition) is 4. The van der Waals surface area contributed by atoms with Gasteiger partial charge in [0.2, 0.25) is 0 Å². The number of thiazole rings is 1. The van der Waals surface area contributed by atoms with Crippen LogP contribution in [0, 0.1) is 0 Å². The molecule has 1 heterocycles. The second kappa shape index (κ2) is 5.49. The molecule has 0 saturated heterocycles. The molecule has 1 fully saturated rings. The highest BCUT2D eigenvalue weighted by molar-refractivity contribution is 7.13. The van der Waals surface area contributed by atoms with E-state index in [9.17, 15) is 9.90 Å². The highest BCUT2D eigenvalue weighted by atomic mass is 32.1. The molecule has 1 saturated carbocycles. The van der Waals surface area contributed by atoms with Crippen LogP contribution >= 0.6 is 11.3 Å². The lowest BCUT2D eigenvalue weighted by molar-refractivity contribution is -0.142. The van der Waals surface area contributed by atoms with Gasteiger partial charge in [-0.2, -0.15) is 0 Å². The van der Waals surface area contributed by atoms with Gasteiger partial charge in [0.1, 0.15) is 5.41 Å². The van der Waals surface area contributed by atoms with E-state index in [2.05, 4.69) is 16.8 Å². The van der Waals surface area contributed by atoms with Gasteiger partial charge in [0.15, 0.2) is 5.13 Å². The van der Waals surface area contributed by atoms with Crippen LogP contribution in [0.5, 0.6) is 0 Å². The quantitative estimate of drug-likeness (QED) is 0.900. The zero-order chi connectivity index (χ0) is 14.0. The Morgan fingerprint density at radius 3 is 2.68 bits per heavy atom. The van der Waals surface area contributed by atoms with Crippen molar-refractivity contribution in [2.24, 2.45) is 0 Å². The number of carboxylic acids is 1. The Labute approximate surface area is 118 Å². The van der Waals surface area contributed by atoms with Crippen molar-refractivity contribution in [1.82, 2.24) is 4.98 Å². The zero-order valence-electron chi connectivity index (χ0n) is 11.8. The van der Waals surface area contributed by atoms with Crippen LogP contribution in [0.2, 0.25) is 0 Å². The summed E-state index contributed by atoms with van der Waals surface area (Å²) >= 11 is 1.56. The van der Waals surface area contributed by atoms with Gasteiger partial charge >= 0.3 is 5.97 Å². The number of anilines is 1. The van der Waals surface area contributed by atoms with Crippen LogP contribution in [-0.4, -0.2) is 28.6 Å². The zero-order valence-corrected chi connectivity index (χ0v) is 12.7. The summed E-state index contributed by atoms with van der Waals surface area (Å²) in [5.74, 6) is -0.826. The van der Waals surface area contributed by atoms with Gasteiger partial charge in [0.25, 0.3) is 0 Å². The minimum absolute atomic E-state index is 0.581. The average molecular weight is 282 g/mol. The first-order chi connectivity index (χ1) is 8.96. The van der Waals surface area contributed by atoms with E-state index < -0.39 is 11.4 Å².